The molecule has 23 heavy (non-hydrogen) atoms. The van der Waals surface area contributed by atoms with Crippen LogP contribution in [-0.2, 0) is 20.7 Å². The minimum Gasteiger partial charge on any atom is -0.480 e. The Kier molecular flexibility index (Phi) is 4.92. The van der Waals surface area contributed by atoms with Crippen molar-refractivity contribution in [2.24, 2.45) is 0 Å². The minimum atomic E-state index is -1.11. The standard InChI is InChI=1S/C17H21NO4S/c19-15(18-17(16(20)21)6-9-23-10-7-17)11-14-13-4-2-1-3-12(13)5-8-22-14/h1-4,14H,5-11H2,(H,18,19)(H,20,21). The summed E-state index contributed by atoms with van der Waals surface area (Å²) >= 11 is 1.73. The Hall–Kier alpha value is -1.53. The zero-order chi connectivity index (χ0) is 16.3. The molecule has 124 valence electrons. The van der Waals surface area contributed by atoms with E-state index in [2.05, 4.69) is 11.4 Å². The number of amides is 1. The normalized spacial score (nSPS) is 22.9. The van der Waals surface area contributed by atoms with E-state index in [1.807, 2.05) is 18.2 Å². The van der Waals surface area contributed by atoms with Gasteiger partial charge in [0.1, 0.15) is 5.54 Å². The SMILES string of the molecule is O=C(CC1OCCc2ccccc21)NC1(C(=O)O)CCSCC1. The maximum atomic E-state index is 12.4. The third kappa shape index (κ3) is 3.53. The lowest BCUT2D eigenvalue weighted by molar-refractivity contribution is -0.148. The predicted octanol–water partition coefficient (Wildman–Crippen LogP) is 2.16. The van der Waals surface area contributed by atoms with E-state index in [4.69, 9.17) is 4.74 Å². The highest BCUT2D eigenvalue weighted by Crippen LogP contribution is 2.31. The summed E-state index contributed by atoms with van der Waals surface area (Å²) in [6, 6.07) is 7.96. The van der Waals surface area contributed by atoms with Crippen LogP contribution < -0.4 is 5.32 Å². The zero-order valence-electron chi connectivity index (χ0n) is 12.9. The Morgan fingerprint density at radius 1 is 1.30 bits per heavy atom. The molecule has 2 heterocycles. The molecule has 2 N–H and O–H groups in total. The maximum Gasteiger partial charge on any atom is 0.329 e. The van der Waals surface area contributed by atoms with Crippen LogP contribution in [0.3, 0.4) is 0 Å². The average molecular weight is 335 g/mol. The number of benzene rings is 1. The van der Waals surface area contributed by atoms with Gasteiger partial charge in [-0.25, -0.2) is 4.79 Å². The number of hydrogen-bond acceptors (Lipinski definition) is 4. The average Bonchev–Trinajstić information content (AvgIpc) is 2.56. The van der Waals surface area contributed by atoms with Crippen LogP contribution in [0.25, 0.3) is 0 Å². The van der Waals surface area contributed by atoms with Crippen molar-refractivity contribution in [3.05, 3.63) is 35.4 Å². The highest BCUT2D eigenvalue weighted by molar-refractivity contribution is 7.99. The Morgan fingerprint density at radius 2 is 2.04 bits per heavy atom. The van der Waals surface area contributed by atoms with E-state index >= 15 is 0 Å². The van der Waals surface area contributed by atoms with Crippen molar-refractivity contribution in [2.75, 3.05) is 18.1 Å². The molecule has 0 aromatic heterocycles. The molecule has 2 aliphatic rings. The van der Waals surface area contributed by atoms with Gasteiger partial charge in [-0.3, -0.25) is 4.79 Å². The van der Waals surface area contributed by atoms with E-state index in [-0.39, 0.29) is 18.4 Å². The van der Waals surface area contributed by atoms with Gasteiger partial charge < -0.3 is 15.2 Å². The Balaban J connectivity index is 1.69. The first-order valence-corrected chi connectivity index (χ1v) is 9.08. The molecule has 0 saturated carbocycles. The number of rotatable bonds is 4. The summed E-state index contributed by atoms with van der Waals surface area (Å²) in [5, 5.41) is 12.3. The van der Waals surface area contributed by atoms with Gasteiger partial charge in [0.15, 0.2) is 0 Å². The van der Waals surface area contributed by atoms with Gasteiger partial charge in [-0.15, -0.1) is 0 Å². The number of carbonyl (C=O) groups excluding carboxylic acids is 1. The van der Waals surface area contributed by atoms with Crippen LogP contribution in [0.1, 0.15) is 36.5 Å². The fourth-order valence-corrected chi connectivity index (χ4v) is 4.43. The molecule has 1 amide bonds. The lowest BCUT2D eigenvalue weighted by Gasteiger charge is -2.34. The van der Waals surface area contributed by atoms with Crippen LogP contribution in [0, 0.1) is 0 Å². The Bertz CT molecular complexity index is 598. The van der Waals surface area contributed by atoms with E-state index in [0.717, 1.165) is 23.5 Å². The number of carboxylic acids is 1. The number of thioether (sulfide) groups is 1. The van der Waals surface area contributed by atoms with Crippen molar-refractivity contribution in [2.45, 2.75) is 37.3 Å². The molecule has 3 rings (SSSR count). The summed E-state index contributed by atoms with van der Waals surface area (Å²) in [7, 11) is 0. The third-order valence-electron chi connectivity index (χ3n) is 4.60. The number of ether oxygens (including phenoxy) is 1. The number of fused-ring (bicyclic) bond motifs is 1. The fourth-order valence-electron chi connectivity index (χ4n) is 3.24. The second-order valence-electron chi connectivity index (χ2n) is 6.06. The molecule has 1 aromatic rings. The van der Waals surface area contributed by atoms with Gasteiger partial charge in [0.05, 0.1) is 19.1 Å². The van der Waals surface area contributed by atoms with E-state index in [1.165, 1.54) is 5.56 Å². The highest BCUT2D eigenvalue weighted by atomic mass is 32.2. The van der Waals surface area contributed by atoms with E-state index in [9.17, 15) is 14.7 Å². The number of carbonyl (C=O) groups is 2. The van der Waals surface area contributed by atoms with E-state index in [1.54, 1.807) is 11.8 Å². The quantitative estimate of drug-likeness (QED) is 0.882. The maximum absolute atomic E-state index is 12.4. The van der Waals surface area contributed by atoms with Crippen LogP contribution in [0.15, 0.2) is 24.3 Å². The van der Waals surface area contributed by atoms with Gasteiger partial charge in [-0.1, -0.05) is 24.3 Å². The molecule has 1 unspecified atom stereocenters. The van der Waals surface area contributed by atoms with Gasteiger partial charge in [0, 0.05) is 0 Å². The second-order valence-corrected chi connectivity index (χ2v) is 7.28. The molecule has 1 atom stereocenters. The smallest absolute Gasteiger partial charge is 0.329 e. The van der Waals surface area contributed by atoms with Crippen molar-refractivity contribution in [3.63, 3.8) is 0 Å². The summed E-state index contributed by atoms with van der Waals surface area (Å²) in [5.41, 5.74) is 1.13. The number of nitrogens with one attached hydrogen (secondary N) is 1. The molecular weight excluding hydrogens is 314 g/mol. The zero-order valence-corrected chi connectivity index (χ0v) is 13.7. The molecule has 5 nitrogen and oxygen atoms in total. The fraction of sp³-hybridized carbons (Fsp3) is 0.529. The van der Waals surface area contributed by atoms with Gasteiger partial charge >= 0.3 is 5.97 Å². The minimum absolute atomic E-state index is 0.166. The van der Waals surface area contributed by atoms with Crippen molar-refractivity contribution in [3.8, 4) is 0 Å². The molecule has 0 spiro atoms. The lowest BCUT2D eigenvalue weighted by atomic mass is 9.91. The first kappa shape index (κ1) is 16.3. The van der Waals surface area contributed by atoms with Gasteiger partial charge in [-0.05, 0) is 41.9 Å². The van der Waals surface area contributed by atoms with Crippen LogP contribution in [0.5, 0.6) is 0 Å². The first-order chi connectivity index (χ1) is 11.1. The van der Waals surface area contributed by atoms with Gasteiger partial charge in [0.25, 0.3) is 0 Å². The summed E-state index contributed by atoms with van der Waals surface area (Å²) < 4.78 is 5.75. The van der Waals surface area contributed by atoms with Crippen molar-refractivity contribution in [1.29, 1.82) is 0 Å². The van der Waals surface area contributed by atoms with E-state index in [0.29, 0.717) is 19.4 Å². The number of aliphatic carboxylic acids is 1. The monoisotopic (exact) mass is 335 g/mol. The first-order valence-electron chi connectivity index (χ1n) is 7.92. The molecule has 0 aliphatic carbocycles. The summed E-state index contributed by atoms with van der Waals surface area (Å²) in [6.07, 6.45) is 1.68. The van der Waals surface area contributed by atoms with Gasteiger partial charge in [-0.2, -0.15) is 11.8 Å². The van der Waals surface area contributed by atoms with Crippen LogP contribution >= 0.6 is 11.8 Å². The highest BCUT2D eigenvalue weighted by Gasteiger charge is 2.41. The van der Waals surface area contributed by atoms with Crippen LogP contribution in [-0.4, -0.2) is 40.6 Å². The molecule has 1 aromatic carbocycles. The van der Waals surface area contributed by atoms with Crippen molar-refractivity contribution < 1.29 is 19.4 Å². The lowest BCUT2D eigenvalue weighted by Crippen LogP contribution is -2.56. The summed E-state index contributed by atoms with van der Waals surface area (Å²) in [6.45, 7) is 0.593. The van der Waals surface area contributed by atoms with Crippen LogP contribution in [0.2, 0.25) is 0 Å². The topological polar surface area (TPSA) is 75.6 Å². The largest absolute Gasteiger partial charge is 0.480 e. The van der Waals surface area contributed by atoms with Crippen LogP contribution in [0.4, 0.5) is 0 Å². The molecule has 0 radical (unpaired) electrons. The molecule has 6 heteroatoms. The molecule has 1 fully saturated rings. The second kappa shape index (κ2) is 6.93. The van der Waals surface area contributed by atoms with Crippen molar-refractivity contribution in [1.82, 2.24) is 5.32 Å². The van der Waals surface area contributed by atoms with E-state index < -0.39 is 11.5 Å². The van der Waals surface area contributed by atoms with Gasteiger partial charge in [0.2, 0.25) is 5.91 Å². The number of hydrogen-bond donors (Lipinski definition) is 2. The summed E-state index contributed by atoms with van der Waals surface area (Å²) in [4.78, 5) is 24.1. The number of carboxylic acid groups (broad SMARTS) is 1. The molecule has 1 saturated heterocycles. The summed E-state index contributed by atoms with van der Waals surface area (Å²) in [5.74, 6) is 0.335. The molecule has 2 aliphatic heterocycles. The molecular formula is C17H21NO4S. The predicted molar refractivity (Wildman–Crippen MR) is 88.5 cm³/mol. The third-order valence-corrected chi connectivity index (χ3v) is 5.58. The van der Waals surface area contributed by atoms with Crippen molar-refractivity contribution >= 4 is 23.6 Å². The Morgan fingerprint density at radius 3 is 2.78 bits per heavy atom. The molecule has 0 bridgehead atoms. The Labute approximate surface area is 139 Å².